The van der Waals surface area contributed by atoms with E-state index in [4.69, 9.17) is 9.26 Å². The molecule has 2 amide bonds. The summed E-state index contributed by atoms with van der Waals surface area (Å²) < 4.78 is 10.1. The first-order valence-electron chi connectivity index (χ1n) is 8.20. The molecular formula is C17H20N4O4. The van der Waals surface area contributed by atoms with Gasteiger partial charge in [0.05, 0.1) is 6.61 Å². The van der Waals surface area contributed by atoms with Crippen molar-refractivity contribution in [2.75, 3.05) is 32.8 Å². The topological polar surface area (TPSA) is 88.8 Å². The number of carbonyl (C=O) groups excluding carboxylic acids is 2. The van der Waals surface area contributed by atoms with Crippen molar-refractivity contribution in [3.8, 4) is 11.5 Å². The molecule has 0 atom stereocenters. The molecule has 1 aliphatic heterocycles. The third-order valence-corrected chi connectivity index (χ3v) is 4.00. The van der Waals surface area contributed by atoms with Gasteiger partial charge in [-0.3, -0.25) is 4.79 Å². The predicted molar refractivity (Wildman–Crippen MR) is 89.0 cm³/mol. The Balaban J connectivity index is 1.61. The zero-order valence-corrected chi connectivity index (χ0v) is 14.3. The standard InChI is InChI=1S/C17H20N4O4/c1-3-24-17(23)21-10-8-20(9-11-21)16(22)14-6-4-13(5-7-14)15-18-12(2)19-25-15/h4-7H,3,8-11H2,1-2H3. The fourth-order valence-electron chi connectivity index (χ4n) is 2.66. The summed E-state index contributed by atoms with van der Waals surface area (Å²) >= 11 is 0. The summed E-state index contributed by atoms with van der Waals surface area (Å²) in [7, 11) is 0. The summed E-state index contributed by atoms with van der Waals surface area (Å²) in [6, 6.07) is 7.06. The minimum absolute atomic E-state index is 0.0585. The van der Waals surface area contributed by atoms with E-state index < -0.39 is 0 Å². The third kappa shape index (κ3) is 3.78. The Hall–Kier alpha value is -2.90. The van der Waals surface area contributed by atoms with Crippen molar-refractivity contribution in [2.45, 2.75) is 13.8 Å². The molecule has 1 aromatic carbocycles. The molecule has 0 unspecified atom stereocenters. The highest BCUT2D eigenvalue weighted by atomic mass is 16.6. The fourth-order valence-corrected chi connectivity index (χ4v) is 2.66. The zero-order valence-electron chi connectivity index (χ0n) is 14.3. The number of aromatic nitrogens is 2. The van der Waals surface area contributed by atoms with Gasteiger partial charge in [0.15, 0.2) is 5.82 Å². The van der Waals surface area contributed by atoms with Gasteiger partial charge in [-0.15, -0.1) is 0 Å². The van der Waals surface area contributed by atoms with Crippen molar-refractivity contribution in [1.29, 1.82) is 0 Å². The highest BCUT2D eigenvalue weighted by Gasteiger charge is 2.25. The van der Waals surface area contributed by atoms with Crippen LogP contribution in [-0.4, -0.2) is 64.7 Å². The molecule has 0 radical (unpaired) electrons. The van der Waals surface area contributed by atoms with Crippen molar-refractivity contribution in [1.82, 2.24) is 19.9 Å². The van der Waals surface area contributed by atoms with Crippen LogP contribution in [0.2, 0.25) is 0 Å². The van der Waals surface area contributed by atoms with Gasteiger partial charge in [-0.25, -0.2) is 4.79 Å². The van der Waals surface area contributed by atoms with Crippen LogP contribution in [0.15, 0.2) is 28.8 Å². The lowest BCUT2D eigenvalue weighted by atomic mass is 10.1. The first-order chi connectivity index (χ1) is 12.1. The van der Waals surface area contributed by atoms with E-state index in [1.807, 2.05) is 0 Å². The quantitative estimate of drug-likeness (QED) is 0.846. The molecule has 0 aliphatic carbocycles. The van der Waals surface area contributed by atoms with Crippen LogP contribution in [0.25, 0.3) is 11.5 Å². The van der Waals surface area contributed by atoms with Crippen LogP contribution in [0.3, 0.4) is 0 Å². The number of rotatable bonds is 3. The Morgan fingerprint density at radius 1 is 1.12 bits per heavy atom. The Bertz CT molecular complexity index is 748. The fraction of sp³-hybridized carbons (Fsp3) is 0.412. The summed E-state index contributed by atoms with van der Waals surface area (Å²) in [5.74, 6) is 0.936. The number of ether oxygens (including phenoxy) is 1. The van der Waals surface area contributed by atoms with Gasteiger partial charge in [0.1, 0.15) is 0 Å². The van der Waals surface area contributed by atoms with Gasteiger partial charge in [-0.05, 0) is 38.1 Å². The van der Waals surface area contributed by atoms with Crippen molar-refractivity contribution in [2.24, 2.45) is 0 Å². The number of aryl methyl sites for hydroxylation is 1. The van der Waals surface area contributed by atoms with E-state index in [-0.39, 0.29) is 12.0 Å². The number of benzene rings is 1. The highest BCUT2D eigenvalue weighted by molar-refractivity contribution is 5.94. The summed E-state index contributed by atoms with van der Waals surface area (Å²) in [5.41, 5.74) is 1.36. The van der Waals surface area contributed by atoms with E-state index in [1.165, 1.54) is 0 Å². The molecular weight excluding hydrogens is 324 g/mol. The Morgan fingerprint density at radius 3 is 2.32 bits per heavy atom. The summed E-state index contributed by atoms with van der Waals surface area (Å²) in [6.07, 6.45) is -0.325. The van der Waals surface area contributed by atoms with Crippen LogP contribution in [0.5, 0.6) is 0 Å². The molecule has 1 fully saturated rings. The summed E-state index contributed by atoms with van der Waals surface area (Å²) in [5, 5.41) is 3.75. The Kier molecular flexibility index (Phi) is 4.97. The molecule has 3 rings (SSSR count). The number of nitrogens with zero attached hydrogens (tertiary/aromatic N) is 4. The molecule has 0 bridgehead atoms. The van der Waals surface area contributed by atoms with Crippen LogP contribution in [-0.2, 0) is 4.74 Å². The van der Waals surface area contributed by atoms with Gasteiger partial charge in [-0.2, -0.15) is 4.98 Å². The minimum atomic E-state index is -0.325. The Morgan fingerprint density at radius 2 is 1.76 bits per heavy atom. The maximum Gasteiger partial charge on any atom is 0.409 e. The molecule has 25 heavy (non-hydrogen) atoms. The van der Waals surface area contributed by atoms with E-state index in [1.54, 1.807) is 47.9 Å². The van der Waals surface area contributed by atoms with E-state index in [9.17, 15) is 9.59 Å². The number of piperazine rings is 1. The van der Waals surface area contributed by atoms with Crippen LogP contribution in [0, 0.1) is 6.92 Å². The molecule has 8 nitrogen and oxygen atoms in total. The number of carbonyl (C=O) groups is 2. The van der Waals surface area contributed by atoms with Crippen molar-refractivity contribution in [3.63, 3.8) is 0 Å². The van der Waals surface area contributed by atoms with Gasteiger partial charge < -0.3 is 19.1 Å². The lowest BCUT2D eigenvalue weighted by Gasteiger charge is -2.34. The second-order valence-corrected chi connectivity index (χ2v) is 5.70. The number of hydrogen-bond acceptors (Lipinski definition) is 6. The van der Waals surface area contributed by atoms with Crippen molar-refractivity contribution >= 4 is 12.0 Å². The molecule has 1 aliphatic rings. The minimum Gasteiger partial charge on any atom is -0.450 e. The SMILES string of the molecule is CCOC(=O)N1CCN(C(=O)c2ccc(-c3nc(C)no3)cc2)CC1. The maximum atomic E-state index is 12.6. The van der Waals surface area contributed by atoms with E-state index in [0.717, 1.165) is 5.56 Å². The van der Waals surface area contributed by atoms with Crippen LogP contribution in [0.4, 0.5) is 4.79 Å². The average Bonchev–Trinajstić information content (AvgIpc) is 3.08. The molecule has 0 saturated carbocycles. The molecule has 0 spiro atoms. The van der Waals surface area contributed by atoms with Gasteiger partial charge in [-0.1, -0.05) is 5.16 Å². The van der Waals surface area contributed by atoms with Crippen LogP contribution < -0.4 is 0 Å². The first kappa shape index (κ1) is 16.9. The highest BCUT2D eigenvalue weighted by Crippen LogP contribution is 2.18. The first-order valence-corrected chi connectivity index (χ1v) is 8.20. The monoisotopic (exact) mass is 344 g/mol. The predicted octanol–water partition coefficient (Wildman–Crippen LogP) is 1.96. The lowest BCUT2D eigenvalue weighted by molar-refractivity contribution is 0.0570. The number of hydrogen-bond donors (Lipinski definition) is 0. The molecule has 1 aromatic heterocycles. The second-order valence-electron chi connectivity index (χ2n) is 5.70. The summed E-state index contributed by atoms with van der Waals surface area (Å²) in [4.78, 5) is 31.8. The Labute approximate surface area is 145 Å². The molecule has 8 heteroatoms. The van der Waals surface area contributed by atoms with Crippen molar-refractivity contribution < 1.29 is 18.8 Å². The van der Waals surface area contributed by atoms with Crippen molar-refractivity contribution in [3.05, 3.63) is 35.7 Å². The molecule has 132 valence electrons. The van der Waals surface area contributed by atoms with E-state index >= 15 is 0 Å². The molecule has 2 heterocycles. The molecule has 2 aromatic rings. The number of amides is 2. The van der Waals surface area contributed by atoms with E-state index in [0.29, 0.717) is 50.1 Å². The maximum absolute atomic E-state index is 12.6. The third-order valence-electron chi connectivity index (χ3n) is 4.00. The van der Waals surface area contributed by atoms with Crippen LogP contribution >= 0.6 is 0 Å². The lowest BCUT2D eigenvalue weighted by Crippen LogP contribution is -2.50. The van der Waals surface area contributed by atoms with Gasteiger partial charge >= 0.3 is 6.09 Å². The van der Waals surface area contributed by atoms with E-state index in [2.05, 4.69) is 10.1 Å². The largest absolute Gasteiger partial charge is 0.450 e. The smallest absolute Gasteiger partial charge is 0.409 e. The second kappa shape index (κ2) is 7.33. The zero-order chi connectivity index (χ0) is 17.8. The molecule has 1 saturated heterocycles. The van der Waals surface area contributed by atoms with Gasteiger partial charge in [0.25, 0.3) is 11.8 Å². The molecule has 0 N–H and O–H groups in total. The average molecular weight is 344 g/mol. The van der Waals surface area contributed by atoms with Gasteiger partial charge in [0.2, 0.25) is 0 Å². The van der Waals surface area contributed by atoms with Crippen LogP contribution in [0.1, 0.15) is 23.1 Å². The normalized spacial score (nSPS) is 14.5. The van der Waals surface area contributed by atoms with Gasteiger partial charge in [0, 0.05) is 37.3 Å². The summed E-state index contributed by atoms with van der Waals surface area (Å²) in [6.45, 7) is 5.81.